The highest BCUT2D eigenvalue weighted by molar-refractivity contribution is 6.68. The molecule has 0 bridgehead atoms. The third kappa shape index (κ3) is 2.10. The first kappa shape index (κ1) is 13.5. The zero-order valence-corrected chi connectivity index (χ0v) is 12.6. The highest BCUT2D eigenvalue weighted by Gasteiger charge is 2.49. The minimum atomic E-state index is -0.110. The van der Waals surface area contributed by atoms with Crippen LogP contribution in [0, 0.1) is 5.41 Å². The van der Waals surface area contributed by atoms with Gasteiger partial charge in [0.1, 0.15) is 5.75 Å². The number of rotatable bonds is 1. The fourth-order valence-electron chi connectivity index (χ4n) is 2.90. The normalized spacial score (nSPS) is 20.5. The van der Waals surface area contributed by atoms with E-state index in [2.05, 4.69) is 45.9 Å². The maximum Gasteiger partial charge on any atom is 0.327 e. The van der Waals surface area contributed by atoms with Crippen molar-refractivity contribution in [3.8, 4) is 5.75 Å². The minimum Gasteiger partial charge on any atom is -0.508 e. The molecule has 0 radical (unpaired) electrons. The summed E-state index contributed by atoms with van der Waals surface area (Å²) in [7, 11) is 0. The summed E-state index contributed by atoms with van der Waals surface area (Å²) in [4.78, 5) is 0. The van der Waals surface area contributed by atoms with Crippen LogP contribution < -0.4 is 5.46 Å². The van der Waals surface area contributed by atoms with Crippen LogP contribution in [0.3, 0.4) is 0 Å². The van der Waals surface area contributed by atoms with Crippen LogP contribution in [0.4, 0.5) is 0 Å². The molecule has 0 spiro atoms. The van der Waals surface area contributed by atoms with Gasteiger partial charge in [-0.15, -0.1) is 0 Å². The molecule has 2 nitrogen and oxygen atoms in total. The highest BCUT2D eigenvalue weighted by Crippen LogP contribution is 2.45. The fraction of sp³-hybridized carbons (Fsp3) is 0.412. The molecule has 2 aromatic rings. The summed E-state index contributed by atoms with van der Waals surface area (Å²) in [5, 5.41) is 11.7. The first-order chi connectivity index (χ1) is 9.28. The fourth-order valence-corrected chi connectivity index (χ4v) is 2.90. The zero-order chi connectivity index (χ0) is 14.5. The van der Waals surface area contributed by atoms with Crippen LogP contribution in [0.1, 0.15) is 27.7 Å². The summed E-state index contributed by atoms with van der Waals surface area (Å²) >= 11 is 0. The zero-order valence-electron chi connectivity index (χ0n) is 12.6. The van der Waals surface area contributed by atoms with Crippen LogP contribution in [0.25, 0.3) is 10.8 Å². The first-order valence-corrected chi connectivity index (χ1v) is 7.19. The van der Waals surface area contributed by atoms with E-state index in [0.29, 0.717) is 5.75 Å². The minimum absolute atomic E-state index is 0.110. The molecule has 20 heavy (non-hydrogen) atoms. The van der Waals surface area contributed by atoms with Gasteiger partial charge in [0, 0.05) is 0 Å². The van der Waals surface area contributed by atoms with Crippen LogP contribution in [-0.4, -0.2) is 17.6 Å². The van der Waals surface area contributed by atoms with Gasteiger partial charge in [-0.2, -0.15) is 0 Å². The molecule has 1 aliphatic rings. The van der Waals surface area contributed by atoms with Gasteiger partial charge in [0.05, 0.1) is 5.60 Å². The van der Waals surface area contributed by atoms with Crippen molar-refractivity contribution in [1.82, 2.24) is 0 Å². The Morgan fingerprint density at radius 1 is 1.00 bits per heavy atom. The Morgan fingerprint density at radius 3 is 2.30 bits per heavy atom. The number of aromatic hydroxyl groups is 1. The topological polar surface area (TPSA) is 29.5 Å². The standard InChI is InChI=1S/C17H21BO2/c1-16(2)11-18(20-17(16,3)4)14-7-5-13-10-15(19)8-6-12(13)9-14/h5-10,19H,11H2,1-4H3. The maximum absolute atomic E-state index is 9.52. The molecule has 0 amide bonds. The van der Waals surface area contributed by atoms with Gasteiger partial charge in [0.15, 0.2) is 0 Å². The van der Waals surface area contributed by atoms with E-state index in [4.69, 9.17) is 4.65 Å². The molecule has 0 unspecified atom stereocenters. The number of fused-ring (bicyclic) bond motifs is 1. The van der Waals surface area contributed by atoms with Crippen LogP contribution >= 0.6 is 0 Å². The largest absolute Gasteiger partial charge is 0.508 e. The monoisotopic (exact) mass is 268 g/mol. The van der Waals surface area contributed by atoms with Crippen LogP contribution in [0.2, 0.25) is 6.32 Å². The molecule has 0 atom stereocenters. The van der Waals surface area contributed by atoms with E-state index in [1.54, 1.807) is 12.1 Å². The van der Waals surface area contributed by atoms with E-state index in [0.717, 1.165) is 17.1 Å². The maximum atomic E-state index is 9.52. The van der Waals surface area contributed by atoms with Crippen LogP contribution in [-0.2, 0) is 4.65 Å². The lowest BCUT2D eigenvalue weighted by molar-refractivity contribution is 0.0375. The summed E-state index contributed by atoms with van der Waals surface area (Å²) < 4.78 is 6.27. The predicted molar refractivity (Wildman–Crippen MR) is 84.8 cm³/mol. The SMILES string of the molecule is CC1(C)CB(c2ccc3cc(O)ccc3c2)OC1(C)C. The first-order valence-electron chi connectivity index (χ1n) is 7.19. The Hall–Kier alpha value is -1.48. The van der Waals surface area contributed by atoms with Crippen molar-refractivity contribution in [2.24, 2.45) is 5.41 Å². The molecule has 104 valence electrons. The van der Waals surface area contributed by atoms with E-state index in [9.17, 15) is 5.11 Å². The van der Waals surface area contributed by atoms with Crippen molar-refractivity contribution < 1.29 is 9.76 Å². The lowest BCUT2D eigenvalue weighted by atomic mass is 9.54. The lowest BCUT2D eigenvalue weighted by Crippen LogP contribution is -2.36. The van der Waals surface area contributed by atoms with Crippen molar-refractivity contribution in [2.75, 3.05) is 0 Å². The molecule has 1 heterocycles. The summed E-state index contributed by atoms with van der Waals surface area (Å²) in [5.74, 6) is 0.310. The van der Waals surface area contributed by atoms with E-state index in [1.807, 2.05) is 6.07 Å². The number of phenolic OH excluding ortho intramolecular Hbond substituents is 1. The molecular weight excluding hydrogens is 247 g/mol. The van der Waals surface area contributed by atoms with Gasteiger partial charge in [-0.05, 0) is 54.0 Å². The molecule has 0 aliphatic carbocycles. The molecule has 0 aromatic heterocycles. The van der Waals surface area contributed by atoms with E-state index in [-0.39, 0.29) is 17.9 Å². The predicted octanol–water partition coefficient (Wildman–Crippen LogP) is 3.58. The molecule has 1 N–H and O–H groups in total. The third-order valence-electron chi connectivity index (χ3n) is 4.98. The van der Waals surface area contributed by atoms with Gasteiger partial charge in [-0.3, -0.25) is 0 Å². The number of hydrogen-bond donors (Lipinski definition) is 1. The van der Waals surface area contributed by atoms with Gasteiger partial charge in [-0.1, -0.05) is 38.1 Å². The molecule has 0 saturated carbocycles. The highest BCUT2D eigenvalue weighted by atomic mass is 16.5. The summed E-state index contributed by atoms with van der Waals surface area (Å²) in [6.07, 6.45) is 1.03. The lowest BCUT2D eigenvalue weighted by Gasteiger charge is -2.34. The summed E-state index contributed by atoms with van der Waals surface area (Å²) in [5.41, 5.74) is 1.28. The smallest absolute Gasteiger partial charge is 0.327 e. The molecule has 1 saturated heterocycles. The molecular formula is C17H21BO2. The van der Waals surface area contributed by atoms with Crippen molar-refractivity contribution in [3.05, 3.63) is 36.4 Å². The summed E-state index contributed by atoms with van der Waals surface area (Å²) in [6, 6.07) is 11.8. The second kappa shape index (κ2) is 4.26. The van der Waals surface area contributed by atoms with E-state index < -0.39 is 0 Å². The average molecular weight is 268 g/mol. The van der Waals surface area contributed by atoms with Crippen molar-refractivity contribution in [2.45, 2.75) is 39.6 Å². The number of hydrogen-bond acceptors (Lipinski definition) is 2. The average Bonchev–Trinajstić information content (AvgIpc) is 2.58. The second-order valence-electron chi connectivity index (χ2n) is 7.00. The van der Waals surface area contributed by atoms with Crippen LogP contribution in [0.15, 0.2) is 36.4 Å². The Bertz CT molecular complexity index is 645. The molecule has 1 aliphatic heterocycles. The number of phenols is 1. The van der Waals surface area contributed by atoms with E-state index >= 15 is 0 Å². The van der Waals surface area contributed by atoms with Gasteiger partial charge in [-0.25, -0.2) is 0 Å². The van der Waals surface area contributed by atoms with Gasteiger partial charge in [0.2, 0.25) is 0 Å². The Morgan fingerprint density at radius 2 is 1.65 bits per heavy atom. The van der Waals surface area contributed by atoms with Crippen molar-refractivity contribution in [3.63, 3.8) is 0 Å². The van der Waals surface area contributed by atoms with Gasteiger partial charge in [0.25, 0.3) is 0 Å². The van der Waals surface area contributed by atoms with Crippen LogP contribution in [0.5, 0.6) is 5.75 Å². The summed E-state index contributed by atoms with van der Waals surface area (Å²) in [6.45, 7) is 9.04. The number of benzene rings is 2. The molecule has 3 rings (SSSR count). The Balaban J connectivity index is 1.98. The van der Waals surface area contributed by atoms with E-state index in [1.165, 1.54) is 5.46 Å². The molecule has 1 fully saturated rings. The van der Waals surface area contributed by atoms with Gasteiger partial charge >= 0.3 is 6.92 Å². The van der Waals surface area contributed by atoms with Gasteiger partial charge < -0.3 is 9.76 Å². The Labute approximate surface area is 120 Å². The molecule has 3 heteroatoms. The quantitative estimate of drug-likeness (QED) is 0.801. The Kier molecular flexibility index (Phi) is 2.88. The van der Waals surface area contributed by atoms with Crippen molar-refractivity contribution in [1.29, 1.82) is 0 Å². The molecule has 2 aromatic carbocycles. The third-order valence-corrected chi connectivity index (χ3v) is 4.98. The second-order valence-corrected chi connectivity index (χ2v) is 7.00. The van der Waals surface area contributed by atoms with Crippen molar-refractivity contribution >= 4 is 23.2 Å².